The molecule has 1 heterocycles. The summed E-state index contributed by atoms with van der Waals surface area (Å²) < 4.78 is 58.9. The van der Waals surface area contributed by atoms with Gasteiger partial charge in [-0.05, 0) is 24.3 Å². The fourth-order valence-electron chi connectivity index (χ4n) is 2.27. The van der Waals surface area contributed by atoms with Gasteiger partial charge in [-0.3, -0.25) is 0 Å². The summed E-state index contributed by atoms with van der Waals surface area (Å²) in [5, 5.41) is 13.1. The molecule has 0 saturated heterocycles. The molecule has 118 valence electrons. The van der Waals surface area contributed by atoms with E-state index in [9.17, 15) is 22.7 Å². The lowest BCUT2D eigenvalue weighted by atomic mass is 10.0. The molecule has 3 nitrogen and oxygen atoms in total. The van der Waals surface area contributed by atoms with Gasteiger partial charge in [0.15, 0.2) is 17.4 Å². The molecule has 0 amide bonds. The summed E-state index contributed by atoms with van der Waals surface area (Å²) in [6.07, 6.45) is 0. The van der Waals surface area contributed by atoms with Crippen LogP contribution in [0.1, 0.15) is 5.56 Å². The summed E-state index contributed by atoms with van der Waals surface area (Å²) in [7, 11) is 0. The number of hydrogen-bond donors (Lipinski definition) is 1. The molecule has 0 aliphatic heterocycles. The van der Waals surface area contributed by atoms with Crippen LogP contribution in [0.5, 0.6) is 0 Å². The summed E-state index contributed by atoms with van der Waals surface area (Å²) in [5.74, 6) is -4.07. The Morgan fingerprint density at radius 3 is 2.35 bits per heavy atom. The minimum atomic E-state index is -1.16. The molecule has 1 N–H and O–H groups in total. The Bertz CT molecular complexity index is 856. The van der Waals surface area contributed by atoms with Crippen LogP contribution in [0, 0.1) is 23.3 Å². The van der Waals surface area contributed by atoms with Gasteiger partial charge in [-0.15, -0.1) is 0 Å². The Labute approximate surface area is 127 Å². The van der Waals surface area contributed by atoms with Gasteiger partial charge in [0.05, 0.1) is 12.2 Å². The molecule has 0 saturated carbocycles. The van der Waals surface area contributed by atoms with Gasteiger partial charge in [0.2, 0.25) is 0 Å². The molecule has 2 aromatic carbocycles. The van der Waals surface area contributed by atoms with E-state index in [-0.39, 0.29) is 28.1 Å². The summed E-state index contributed by atoms with van der Waals surface area (Å²) in [5.41, 5.74) is -0.369. The van der Waals surface area contributed by atoms with Gasteiger partial charge in [-0.2, -0.15) is 0 Å². The second-order valence-corrected chi connectivity index (χ2v) is 4.76. The molecule has 0 unspecified atom stereocenters. The predicted molar refractivity (Wildman–Crippen MR) is 73.1 cm³/mol. The van der Waals surface area contributed by atoms with Crippen molar-refractivity contribution >= 4 is 0 Å². The van der Waals surface area contributed by atoms with Gasteiger partial charge in [0.25, 0.3) is 0 Å². The molecule has 0 radical (unpaired) electrons. The SMILES string of the molecule is OCc1c(-c2cccc(F)c2F)noc1-c1cc(F)cc(F)c1. The van der Waals surface area contributed by atoms with Crippen LogP contribution < -0.4 is 0 Å². The van der Waals surface area contributed by atoms with Crippen molar-refractivity contribution in [2.45, 2.75) is 6.61 Å². The highest BCUT2D eigenvalue weighted by Crippen LogP contribution is 2.34. The lowest BCUT2D eigenvalue weighted by molar-refractivity contribution is 0.281. The summed E-state index contributed by atoms with van der Waals surface area (Å²) in [6.45, 7) is -0.637. The smallest absolute Gasteiger partial charge is 0.173 e. The molecular weight excluding hydrogens is 314 g/mol. The highest BCUT2D eigenvalue weighted by Gasteiger charge is 2.22. The number of benzene rings is 2. The first-order valence-electron chi connectivity index (χ1n) is 6.51. The van der Waals surface area contributed by atoms with Crippen LogP contribution in [-0.4, -0.2) is 10.3 Å². The lowest BCUT2D eigenvalue weighted by Crippen LogP contribution is -1.94. The van der Waals surface area contributed by atoms with Crippen molar-refractivity contribution in [3.8, 4) is 22.6 Å². The number of rotatable bonds is 3. The topological polar surface area (TPSA) is 46.3 Å². The number of hydrogen-bond acceptors (Lipinski definition) is 3. The Kier molecular flexibility index (Phi) is 3.87. The van der Waals surface area contributed by atoms with E-state index in [2.05, 4.69) is 5.16 Å². The molecule has 23 heavy (non-hydrogen) atoms. The van der Waals surface area contributed by atoms with Gasteiger partial charge in [-0.1, -0.05) is 11.2 Å². The third-order valence-electron chi connectivity index (χ3n) is 3.28. The van der Waals surface area contributed by atoms with Crippen molar-refractivity contribution in [3.63, 3.8) is 0 Å². The largest absolute Gasteiger partial charge is 0.391 e. The molecule has 0 aliphatic rings. The highest BCUT2D eigenvalue weighted by atomic mass is 19.2. The number of aliphatic hydroxyl groups is 1. The van der Waals surface area contributed by atoms with E-state index in [1.165, 1.54) is 12.1 Å². The predicted octanol–water partition coefficient (Wildman–Crippen LogP) is 4.06. The minimum Gasteiger partial charge on any atom is -0.391 e. The van der Waals surface area contributed by atoms with Crippen LogP contribution in [-0.2, 0) is 6.61 Å². The molecule has 1 aromatic heterocycles. The minimum absolute atomic E-state index is 0.000463. The van der Waals surface area contributed by atoms with Crippen molar-refractivity contribution < 1.29 is 27.2 Å². The lowest BCUT2D eigenvalue weighted by Gasteiger charge is -2.03. The fraction of sp³-hybridized carbons (Fsp3) is 0.0625. The van der Waals surface area contributed by atoms with E-state index in [0.29, 0.717) is 6.07 Å². The molecule has 0 atom stereocenters. The van der Waals surface area contributed by atoms with Crippen molar-refractivity contribution in [1.29, 1.82) is 0 Å². The van der Waals surface area contributed by atoms with Crippen molar-refractivity contribution in [3.05, 3.63) is 65.2 Å². The molecular formula is C16H9F4NO2. The Morgan fingerprint density at radius 2 is 1.70 bits per heavy atom. The Balaban J connectivity index is 2.19. The van der Waals surface area contributed by atoms with E-state index in [1.54, 1.807) is 0 Å². The fourth-order valence-corrected chi connectivity index (χ4v) is 2.27. The average molecular weight is 323 g/mol. The van der Waals surface area contributed by atoms with Crippen molar-refractivity contribution in [1.82, 2.24) is 5.16 Å². The Hall–Kier alpha value is -2.67. The quantitative estimate of drug-likeness (QED) is 0.740. The third-order valence-corrected chi connectivity index (χ3v) is 3.28. The van der Waals surface area contributed by atoms with Gasteiger partial charge < -0.3 is 9.63 Å². The first kappa shape index (κ1) is 15.2. The monoisotopic (exact) mass is 323 g/mol. The zero-order valence-corrected chi connectivity index (χ0v) is 11.5. The molecule has 7 heteroatoms. The van der Waals surface area contributed by atoms with Crippen LogP contribution in [0.4, 0.5) is 17.6 Å². The second-order valence-electron chi connectivity index (χ2n) is 4.76. The van der Waals surface area contributed by atoms with Crippen LogP contribution in [0.15, 0.2) is 40.9 Å². The van der Waals surface area contributed by atoms with Crippen molar-refractivity contribution in [2.24, 2.45) is 0 Å². The number of nitrogens with zero attached hydrogens (tertiary/aromatic N) is 1. The first-order valence-corrected chi connectivity index (χ1v) is 6.51. The standard InChI is InChI=1S/C16H9F4NO2/c17-9-4-8(5-10(18)6-9)16-12(7-22)15(21-23-16)11-2-1-3-13(19)14(11)20/h1-6,22H,7H2. The number of halogens is 4. The molecule has 0 spiro atoms. The normalized spacial score (nSPS) is 11.0. The summed E-state index contributed by atoms with van der Waals surface area (Å²) in [6, 6.07) is 6.09. The average Bonchev–Trinajstić information content (AvgIpc) is 2.92. The highest BCUT2D eigenvalue weighted by molar-refractivity contribution is 5.72. The Morgan fingerprint density at radius 1 is 1.00 bits per heavy atom. The molecule has 3 rings (SSSR count). The van der Waals surface area contributed by atoms with Gasteiger partial charge in [-0.25, -0.2) is 17.6 Å². The number of aromatic nitrogens is 1. The zero-order valence-electron chi connectivity index (χ0n) is 11.5. The molecule has 3 aromatic rings. The van der Waals surface area contributed by atoms with Gasteiger partial charge in [0.1, 0.15) is 17.3 Å². The second kappa shape index (κ2) is 5.85. The van der Waals surface area contributed by atoms with E-state index in [4.69, 9.17) is 4.52 Å². The summed E-state index contributed by atoms with van der Waals surface area (Å²) >= 11 is 0. The van der Waals surface area contributed by atoms with E-state index >= 15 is 0 Å². The molecule has 0 aliphatic carbocycles. The van der Waals surface area contributed by atoms with Crippen LogP contribution in [0.3, 0.4) is 0 Å². The van der Waals surface area contributed by atoms with E-state index in [1.807, 2.05) is 0 Å². The maximum absolute atomic E-state index is 13.9. The van der Waals surface area contributed by atoms with Crippen LogP contribution >= 0.6 is 0 Å². The van der Waals surface area contributed by atoms with Crippen LogP contribution in [0.25, 0.3) is 22.6 Å². The molecule has 0 bridgehead atoms. The number of aliphatic hydroxyl groups excluding tert-OH is 1. The first-order chi connectivity index (χ1) is 11.0. The maximum atomic E-state index is 13.9. The van der Waals surface area contributed by atoms with Gasteiger partial charge in [0, 0.05) is 17.2 Å². The third kappa shape index (κ3) is 2.70. The summed E-state index contributed by atoms with van der Waals surface area (Å²) in [4.78, 5) is 0. The van der Waals surface area contributed by atoms with E-state index < -0.39 is 29.9 Å². The maximum Gasteiger partial charge on any atom is 0.173 e. The van der Waals surface area contributed by atoms with Crippen molar-refractivity contribution in [2.75, 3.05) is 0 Å². The van der Waals surface area contributed by atoms with E-state index in [0.717, 1.165) is 18.2 Å². The van der Waals surface area contributed by atoms with Crippen LogP contribution in [0.2, 0.25) is 0 Å². The molecule has 0 fully saturated rings. The zero-order chi connectivity index (χ0) is 16.6. The van der Waals surface area contributed by atoms with Gasteiger partial charge >= 0.3 is 0 Å².